The van der Waals surface area contributed by atoms with E-state index in [4.69, 9.17) is 14.3 Å². The van der Waals surface area contributed by atoms with Crippen LogP contribution in [0.4, 0.5) is 0 Å². The summed E-state index contributed by atoms with van der Waals surface area (Å²) in [5.74, 6) is 1.15. The summed E-state index contributed by atoms with van der Waals surface area (Å²) in [6, 6.07) is 13.0. The van der Waals surface area contributed by atoms with Crippen molar-refractivity contribution in [3.8, 4) is 11.7 Å². The van der Waals surface area contributed by atoms with E-state index in [1.807, 2.05) is 36.4 Å². The van der Waals surface area contributed by atoms with Gasteiger partial charge in [-0.2, -0.15) is 0 Å². The lowest BCUT2D eigenvalue weighted by molar-refractivity contribution is -0.137. The Hall–Kier alpha value is -2.27. The van der Waals surface area contributed by atoms with Crippen LogP contribution in [0.5, 0.6) is 11.7 Å². The molecule has 2 aromatic rings. The Morgan fingerprint density at radius 3 is 2.75 bits per heavy atom. The molecule has 0 aliphatic carbocycles. The first kappa shape index (κ1) is 14.1. The van der Waals surface area contributed by atoms with Gasteiger partial charge in [-0.15, -0.1) is 0 Å². The molecule has 0 bridgehead atoms. The summed E-state index contributed by atoms with van der Waals surface area (Å²) in [5.41, 5.74) is 0. The maximum atomic E-state index is 10.3. The zero-order valence-corrected chi connectivity index (χ0v) is 11.0. The molecule has 2 N–H and O–H groups in total. The first-order valence-electron chi connectivity index (χ1n) is 6.48. The molecule has 1 aromatic heterocycles. The maximum Gasteiger partial charge on any atom is 0.303 e. The van der Waals surface area contributed by atoms with Gasteiger partial charge in [0.1, 0.15) is 11.5 Å². The minimum absolute atomic E-state index is 0.174. The van der Waals surface area contributed by atoms with Crippen LogP contribution in [0.15, 0.2) is 46.9 Å². The van der Waals surface area contributed by atoms with Crippen molar-refractivity contribution in [3.63, 3.8) is 0 Å². The molecular formula is C15H17NO4. The van der Waals surface area contributed by atoms with Crippen molar-refractivity contribution in [1.29, 1.82) is 0 Å². The topological polar surface area (TPSA) is 71.7 Å². The van der Waals surface area contributed by atoms with Gasteiger partial charge in [-0.1, -0.05) is 18.2 Å². The number of benzene rings is 1. The average molecular weight is 275 g/mol. The fourth-order valence-corrected chi connectivity index (χ4v) is 1.69. The number of ether oxygens (including phenoxy) is 1. The molecule has 5 nitrogen and oxygen atoms in total. The highest BCUT2D eigenvalue weighted by Crippen LogP contribution is 2.23. The summed E-state index contributed by atoms with van der Waals surface area (Å²) < 4.78 is 11.1. The normalized spacial score (nSPS) is 10.4. The molecule has 0 radical (unpaired) electrons. The van der Waals surface area contributed by atoms with Gasteiger partial charge in [-0.05, 0) is 31.2 Å². The molecule has 2 rings (SSSR count). The van der Waals surface area contributed by atoms with Crippen LogP contribution in [0.1, 0.15) is 18.6 Å². The van der Waals surface area contributed by atoms with Crippen molar-refractivity contribution >= 4 is 5.97 Å². The Labute approximate surface area is 117 Å². The van der Waals surface area contributed by atoms with E-state index < -0.39 is 5.97 Å². The van der Waals surface area contributed by atoms with Crippen molar-refractivity contribution in [2.24, 2.45) is 0 Å². The van der Waals surface area contributed by atoms with Crippen molar-refractivity contribution in [2.45, 2.75) is 19.4 Å². The van der Waals surface area contributed by atoms with Crippen LogP contribution >= 0.6 is 0 Å². The molecular weight excluding hydrogens is 258 g/mol. The van der Waals surface area contributed by atoms with Crippen LogP contribution in [-0.4, -0.2) is 17.6 Å². The molecule has 20 heavy (non-hydrogen) atoms. The number of carbonyl (C=O) groups is 1. The summed E-state index contributed by atoms with van der Waals surface area (Å²) in [6.07, 6.45) is 0.775. The van der Waals surface area contributed by atoms with Crippen LogP contribution in [0.2, 0.25) is 0 Å². The fourth-order valence-electron chi connectivity index (χ4n) is 1.69. The van der Waals surface area contributed by atoms with Crippen molar-refractivity contribution in [2.75, 3.05) is 6.54 Å². The monoisotopic (exact) mass is 275 g/mol. The molecule has 0 spiro atoms. The summed E-state index contributed by atoms with van der Waals surface area (Å²) in [4.78, 5) is 10.3. The van der Waals surface area contributed by atoms with Gasteiger partial charge in [0.05, 0.1) is 6.54 Å². The quantitative estimate of drug-likeness (QED) is 0.724. The molecule has 0 unspecified atom stereocenters. The predicted octanol–water partition coefficient (Wildman–Crippen LogP) is 3.03. The number of nitrogens with one attached hydrogen (secondary N) is 1. The second kappa shape index (κ2) is 7.35. The number of aliphatic carboxylic acids is 1. The Bertz CT molecular complexity index is 536. The van der Waals surface area contributed by atoms with E-state index >= 15 is 0 Å². The smallest absolute Gasteiger partial charge is 0.303 e. The number of hydrogen-bond donors (Lipinski definition) is 2. The minimum Gasteiger partial charge on any atom is -0.481 e. The molecule has 0 saturated carbocycles. The Balaban J connectivity index is 1.73. The highest BCUT2D eigenvalue weighted by molar-refractivity contribution is 5.66. The first-order valence-corrected chi connectivity index (χ1v) is 6.48. The molecule has 0 fully saturated rings. The maximum absolute atomic E-state index is 10.3. The molecule has 5 heteroatoms. The lowest BCUT2D eigenvalue weighted by Crippen LogP contribution is -2.15. The van der Waals surface area contributed by atoms with Crippen molar-refractivity contribution < 1.29 is 19.1 Å². The zero-order chi connectivity index (χ0) is 14.2. The summed E-state index contributed by atoms with van der Waals surface area (Å²) >= 11 is 0. The Morgan fingerprint density at radius 1 is 1.20 bits per heavy atom. The van der Waals surface area contributed by atoms with Crippen LogP contribution in [0, 0.1) is 0 Å². The number of carboxylic acid groups (broad SMARTS) is 1. The summed E-state index contributed by atoms with van der Waals surface area (Å²) in [7, 11) is 0. The standard InChI is InChI=1S/C15H17NO4/c17-14(18)7-4-10-16-11-13-8-9-15(20-13)19-12-5-2-1-3-6-12/h1-3,5-6,8-9,16H,4,7,10-11H2,(H,17,18). The third-order valence-corrected chi connectivity index (χ3v) is 2.64. The van der Waals surface area contributed by atoms with E-state index in [1.165, 1.54) is 0 Å². The number of para-hydroxylation sites is 1. The second-order valence-electron chi connectivity index (χ2n) is 4.31. The highest BCUT2D eigenvalue weighted by atomic mass is 16.6. The van der Waals surface area contributed by atoms with Gasteiger partial charge in [0, 0.05) is 12.5 Å². The molecule has 106 valence electrons. The fraction of sp³-hybridized carbons (Fsp3) is 0.267. The predicted molar refractivity (Wildman–Crippen MR) is 73.8 cm³/mol. The van der Waals surface area contributed by atoms with Gasteiger partial charge in [-0.3, -0.25) is 4.79 Å². The van der Waals surface area contributed by atoms with E-state index in [1.54, 1.807) is 6.07 Å². The molecule has 0 amide bonds. The van der Waals surface area contributed by atoms with E-state index in [0.717, 1.165) is 11.5 Å². The molecule has 0 saturated heterocycles. The van der Waals surface area contributed by atoms with Crippen LogP contribution in [0.3, 0.4) is 0 Å². The van der Waals surface area contributed by atoms with Crippen LogP contribution in [-0.2, 0) is 11.3 Å². The lowest BCUT2D eigenvalue weighted by Gasteiger charge is -2.02. The van der Waals surface area contributed by atoms with Gasteiger partial charge in [0.25, 0.3) is 5.95 Å². The van der Waals surface area contributed by atoms with Gasteiger partial charge >= 0.3 is 5.97 Å². The molecule has 0 aliphatic heterocycles. The van der Waals surface area contributed by atoms with E-state index in [0.29, 0.717) is 25.5 Å². The summed E-state index contributed by atoms with van der Waals surface area (Å²) in [6.45, 7) is 1.19. The van der Waals surface area contributed by atoms with Crippen molar-refractivity contribution in [1.82, 2.24) is 5.32 Å². The molecule has 0 aliphatic rings. The third kappa shape index (κ3) is 4.78. The molecule has 1 aromatic carbocycles. The van der Waals surface area contributed by atoms with Gasteiger partial charge in [0.15, 0.2) is 0 Å². The minimum atomic E-state index is -0.775. The summed E-state index contributed by atoms with van der Waals surface area (Å²) in [5, 5.41) is 11.6. The Morgan fingerprint density at radius 2 is 2.00 bits per heavy atom. The second-order valence-corrected chi connectivity index (χ2v) is 4.31. The van der Waals surface area contributed by atoms with Gasteiger partial charge in [0.2, 0.25) is 0 Å². The lowest BCUT2D eigenvalue weighted by atomic mass is 10.3. The van der Waals surface area contributed by atoms with Crippen molar-refractivity contribution in [3.05, 3.63) is 48.2 Å². The Kier molecular flexibility index (Phi) is 5.20. The van der Waals surface area contributed by atoms with Gasteiger partial charge in [-0.25, -0.2) is 0 Å². The van der Waals surface area contributed by atoms with Crippen LogP contribution in [0.25, 0.3) is 0 Å². The number of hydrogen-bond acceptors (Lipinski definition) is 4. The van der Waals surface area contributed by atoms with E-state index in [2.05, 4.69) is 5.32 Å². The molecule has 0 atom stereocenters. The third-order valence-electron chi connectivity index (χ3n) is 2.64. The van der Waals surface area contributed by atoms with E-state index in [9.17, 15) is 4.79 Å². The highest BCUT2D eigenvalue weighted by Gasteiger charge is 2.04. The zero-order valence-electron chi connectivity index (χ0n) is 11.0. The van der Waals surface area contributed by atoms with E-state index in [-0.39, 0.29) is 6.42 Å². The number of carboxylic acids is 1. The molecule has 1 heterocycles. The SMILES string of the molecule is O=C(O)CCCNCc1ccc(Oc2ccccc2)o1. The van der Waals surface area contributed by atoms with Crippen LogP contribution < -0.4 is 10.1 Å². The first-order chi connectivity index (χ1) is 9.74. The largest absolute Gasteiger partial charge is 0.481 e. The average Bonchev–Trinajstić information content (AvgIpc) is 2.87. The number of rotatable bonds is 8. The number of furan rings is 1. The van der Waals surface area contributed by atoms with Gasteiger partial charge < -0.3 is 19.6 Å².